The maximum Gasteiger partial charge on any atom is 0.0948 e. The van der Waals surface area contributed by atoms with Crippen LogP contribution in [0.5, 0.6) is 0 Å². The zero-order valence-electron chi connectivity index (χ0n) is 10.3. The number of rotatable bonds is 4. The third kappa shape index (κ3) is 2.44. The Hall–Kier alpha value is -0.870. The molecule has 0 radical (unpaired) electrons. The van der Waals surface area contributed by atoms with Crippen LogP contribution in [0.2, 0.25) is 0 Å². The summed E-state index contributed by atoms with van der Waals surface area (Å²) in [4.78, 5) is 6.65. The van der Waals surface area contributed by atoms with Gasteiger partial charge in [0.1, 0.15) is 0 Å². The molecule has 0 aromatic carbocycles. The highest BCUT2D eigenvalue weighted by atomic mass is 15.2. The number of hydrogen-bond acceptors (Lipinski definition) is 3. The van der Waals surface area contributed by atoms with Crippen LogP contribution in [-0.4, -0.2) is 33.6 Å². The predicted octanol–water partition coefficient (Wildman–Crippen LogP) is 1.07. The highest BCUT2D eigenvalue weighted by molar-refractivity contribution is 5.00. The summed E-state index contributed by atoms with van der Waals surface area (Å²) in [6, 6.07) is 0.336. The molecule has 1 aromatic heterocycles. The minimum absolute atomic E-state index is 0.336. The summed E-state index contributed by atoms with van der Waals surface area (Å²) in [6.45, 7) is 8.59. The summed E-state index contributed by atoms with van der Waals surface area (Å²) >= 11 is 0. The Kier molecular flexibility index (Phi) is 3.61. The van der Waals surface area contributed by atoms with E-state index >= 15 is 0 Å². The second kappa shape index (κ2) is 4.97. The summed E-state index contributed by atoms with van der Waals surface area (Å²) in [5.74, 6) is 0.613. The predicted molar refractivity (Wildman–Crippen MR) is 64.9 cm³/mol. The van der Waals surface area contributed by atoms with E-state index in [0.29, 0.717) is 12.0 Å². The third-order valence-corrected chi connectivity index (χ3v) is 3.39. The van der Waals surface area contributed by atoms with Crippen molar-refractivity contribution in [2.24, 2.45) is 11.7 Å². The molecule has 1 fully saturated rings. The van der Waals surface area contributed by atoms with Crippen LogP contribution in [0.1, 0.15) is 26.0 Å². The molecule has 2 rings (SSSR count). The first-order chi connectivity index (χ1) is 7.70. The Bertz CT molecular complexity index is 324. The molecule has 90 valence electrons. The molecule has 2 N–H and O–H groups in total. The van der Waals surface area contributed by atoms with E-state index in [0.717, 1.165) is 32.6 Å². The minimum atomic E-state index is 0.336. The number of likely N-dealkylation sites (tertiary alicyclic amines) is 1. The standard InChI is InChI=1S/C12H22N4/c1-3-4-16-9-14-5-11(16)7-15-6-10(2)12(13)8-15/h5,9-10,12H,3-4,6-8,13H2,1-2H3. The molecule has 0 amide bonds. The molecule has 0 aliphatic carbocycles. The maximum atomic E-state index is 6.03. The smallest absolute Gasteiger partial charge is 0.0948 e. The number of nitrogens with zero attached hydrogens (tertiary/aromatic N) is 3. The van der Waals surface area contributed by atoms with Crippen LogP contribution in [0, 0.1) is 5.92 Å². The van der Waals surface area contributed by atoms with Gasteiger partial charge in [0.05, 0.1) is 12.0 Å². The summed E-state index contributed by atoms with van der Waals surface area (Å²) in [5.41, 5.74) is 7.34. The van der Waals surface area contributed by atoms with Gasteiger partial charge >= 0.3 is 0 Å². The van der Waals surface area contributed by atoms with Crippen LogP contribution >= 0.6 is 0 Å². The van der Waals surface area contributed by atoms with E-state index in [1.165, 1.54) is 5.69 Å². The van der Waals surface area contributed by atoms with Crippen LogP contribution in [0.3, 0.4) is 0 Å². The average molecular weight is 222 g/mol. The minimum Gasteiger partial charge on any atom is -0.333 e. The molecule has 2 heterocycles. The lowest BCUT2D eigenvalue weighted by atomic mass is 10.1. The largest absolute Gasteiger partial charge is 0.333 e. The molecule has 1 aliphatic heterocycles. The van der Waals surface area contributed by atoms with Crippen LogP contribution < -0.4 is 5.73 Å². The molecule has 1 aliphatic rings. The lowest BCUT2D eigenvalue weighted by molar-refractivity contribution is 0.309. The van der Waals surface area contributed by atoms with Gasteiger partial charge in [0.25, 0.3) is 0 Å². The van der Waals surface area contributed by atoms with E-state index < -0.39 is 0 Å². The molecule has 1 saturated heterocycles. The summed E-state index contributed by atoms with van der Waals surface area (Å²) in [7, 11) is 0. The van der Waals surface area contributed by atoms with Gasteiger partial charge in [-0.2, -0.15) is 0 Å². The Morgan fingerprint density at radius 2 is 2.31 bits per heavy atom. The SMILES string of the molecule is CCCn1cncc1CN1CC(C)C(N)C1. The van der Waals surface area contributed by atoms with Crippen molar-refractivity contribution in [3.63, 3.8) is 0 Å². The van der Waals surface area contributed by atoms with E-state index in [1.54, 1.807) is 0 Å². The van der Waals surface area contributed by atoms with Crippen LogP contribution in [0.25, 0.3) is 0 Å². The van der Waals surface area contributed by atoms with Gasteiger partial charge in [-0.1, -0.05) is 13.8 Å². The average Bonchev–Trinajstić information content (AvgIpc) is 2.77. The first-order valence-electron chi connectivity index (χ1n) is 6.17. The Morgan fingerprint density at radius 1 is 1.50 bits per heavy atom. The van der Waals surface area contributed by atoms with Gasteiger partial charge in [-0.05, 0) is 12.3 Å². The van der Waals surface area contributed by atoms with Crippen molar-refractivity contribution in [2.75, 3.05) is 13.1 Å². The number of imidazole rings is 1. The van der Waals surface area contributed by atoms with E-state index in [2.05, 4.69) is 28.3 Å². The van der Waals surface area contributed by atoms with E-state index in [9.17, 15) is 0 Å². The van der Waals surface area contributed by atoms with E-state index in [-0.39, 0.29) is 0 Å². The third-order valence-electron chi connectivity index (χ3n) is 3.39. The summed E-state index contributed by atoms with van der Waals surface area (Å²) < 4.78 is 2.24. The van der Waals surface area contributed by atoms with Crippen LogP contribution in [0.4, 0.5) is 0 Å². The van der Waals surface area contributed by atoms with Crippen molar-refractivity contribution in [1.29, 1.82) is 0 Å². The zero-order valence-corrected chi connectivity index (χ0v) is 10.3. The lowest BCUT2D eigenvalue weighted by Gasteiger charge is -2.16. The fourth-order valence-corrected chi connectivity index (χ4v) is 2.38. The van der Waals surface area contributed by atoms with Gasteiger partial charge in [-0.3, -0.25) is 4.90 Å². The topological polar surface area (TPSA) is 47.1 Å². The van der Waals surface area contributed by atoms with Gasteiger partial charge in [0.15, 0.2) is 0 Å². The van der Waals surface area contributed by atoms with Crippen molar-refractivity contribution in [3.05, 3.63) is 18.2 Å². The van der Waals surface area contributed by atoms with Gasteiger partial charge in [0, 0.05) is 38.4 Å². The Labute approximate surface area is 97.4 Å². The van der Waals surface area contributed by atoms with Gasteiger partial charge in [-0.25, -0.2) is 4.98 Å². The van der Waals surface area contributed by atoms with Crippen molar-refractivity contribution in [3.8, 4) is 0 Å². The fraction of sp³-hybridized carbons (Fsp3) is 0.750. The van der Waals surface area contributed by atoms with Crippen molar-refractivity contribution in [1.82, 2.24) is 14.5 Å². The number of hydrogen-bond donors (Lipinski definition) is 1. The number of nitrogens with two attached hydrogens (primary N) is 1. The highest BCUT2D eigenvalue weighted by Gasteiger charge is 2.26. The van der Waals surface area contributed by atoms with E-state index in [1.807, 2.05) is 12.5 Å². The fourth-order valence-electron chi connectivity index (χ4n) is 2.38. The molecule has 4 nitrogen and oxygen atoms in total. The van der Waals surface area contributed by atoms with Gasteiger partial charge in [0.2, 0.25) is 0 Å². The lowest BCUT2D eigenvalue weighted by Crippen LogP contribution is -2.28. The molecule has 1 aromatic rings. The second-order valence-electron chi connectivity index (χ2n) is 4.91. The summed E-state index contributed by atoms with van der Waals surface area (Å²) in [5, 5.41) is 0. The Balaban J connectivity index is 1.96. The highest BCUT2D eigenvalue weighted by Crippen LogP contribution is 2.17. The van der Waals surface area contributed by atoms with Gasteiger partial charge < -0.3 is 10.3 Å². The first-order valence-corrected chi connectivity index (χ1v) is 6.17. The summed E-state index contributed by atoms with van der Waals surface area (Å²) in [6.07, 6.45) is 5.06. The quantitative estimate of drug-likeness (QED) is 0.829. The van der Waals surface area contributed by atoms with Crippen molar-refractivity contribution in [2.45, 2.75) is 39.4 Å². The molecule has 16 heavy (non-hydrogen) atoms. The van der Waals surface area contributed by atoms with Gasteiger partial charge in [-0.15, -0.1) is 0 Å². The van der Waals surface area contributed by atoms with E-state index in [4.69, 9.17) is 5.73 Å². The van der Waals surface area contributed by atoms with Crippen molar-refractivity contribution >= 4 is 0 Å². The first kappa shape index (κ1) is 11.6. The van der Waals surface area contributed by atoms with Crippen LogP contribution in [0.15, 0.2) is 12.5 Å². The zero-order chi connectivity index (χ0) is 11.5. The van der Waals surface area contributed by atoms with Crippen LogP contribution in [-0.2, 0) is 13.1 Å². The van der Waals surface area contributed by atoms with Crippen molar-refractivity contribution < 1.29 is 0 Å². The normalized spacial score (nSPS) is 26.4. The number of aryl methyl sites for hydroxylation is 1. The molecule has 0 saturated carbocycles. The second-order valence-corrected chi connectivity index (χ2v) is 4.91. The molecule has 2 atom stereocenters. The molecule has 0 bridgehead atoms. The molecular formula is C12H22N4. The molecule has 4 heteroatoms. The molecule has 0 spiro atoms. The number of aromatic nitrogens is 2. The molecular weight excluding hydrogens is 200 g/mol. The Morgan fingerprint density at radius 3 is 2.94 bits per heavy atom. The maximum absolute atomic E-state index is 6.03. The monoisotopic (exact) mass is 222 g/mol. The molecule has 2 unspecified atom stereocenters.